The lowest BCUT2D eigenvalue weighted by molar-refractivity contribution is -0.155. The molecule has 8 heteroatoms. The van der Waals surface area contributed by atoms with Crippen LogP contribution >= 0.6 is 12.4 Å². The third-order valence-corrected chi connectivity index (χ3v) is 3.40. The second-order valence-corrected chi connectivity index (χ2v) is 4.85. The van der Waals surface area contributed by atoms with Gasteiger partial charge in [-0.2, -0.15) is 5.06 Å². The van der Waals surface area contributed by atoms with Crippen LogP contribution in [0.15, 0.2) is 12.1 Å². The van der Waals surface area contributed by atoms with Crippen molar-refractivity contribution in [2.24, 2.45) is 0 Å². The Morgan fingerprint density at radius 3 is 1.96 bits per heavy atom. The number of nitrogens with zero attached hydrogens (tertiary/aromatic N) is 1. The van der Waals surface area contributed by atoms with Crippen LogP contribution in [-0.4, -0.2) is 58.7 Å². The fraction of sp³-hybridized carbons (Fsp3) is 0.588. The first kappa shape index (κ1) is 23.3. The Morgan fingerprint density at radius 1 is 0.960 bits per heavy atom. The van der Waals surface area contributed by atoms with Crippen molar-refractivity contribution < 1.29 is 28.6 Å². The monoisotopic (exact) mass is 377 g/mol. The van der Waals surface area contributed by atoms with E-state index in [-0.39, 0.29) is 19.0 Å². The zero-order valence-electron chi connectivity index (χ0n) is 15.5. The molecule has 0 bridgehead atoms. The third-order valence-electron chi connectivity index (χ3n) is 3.40. The molecule has 0 amide bonds. The second-order valence-electron chi connectivity index (χ2n) is 4.85. The van der Waals surface area contributed by atoms with Gasteiger partial charge >= 0.3 is 5.97 Å². The number of methoxy groups -OCH3 is 3. The van der Waals surface area contributed by atoms with Crippen LogP contribution < -0.4 is 14.2 Å². The van der Waals surface area contributed by atoms with Crippen LogP contribution in [0.4, 0.5) is 0 Å². The predicted molar refractivity (Wildman–Crippen MR) is 97.1 cm³/mol. The predicted octanol–water partition coefficient (Wildman–Crippen LogP) is 2.95. The van der Waals surface area contributed by atoms with Crippen LogP contribution in [0.3, 0.4) is 0 Å². The number of hydrogen-bond acceptors (Lipinski definition) is 7. The van der Waals surface area contributed by atoms with Gasteiger partial charge in [0.1, 0.15) is 0 Å². The van der Waals surface area contributed by atoms with Crippen molar-refractivity contribution in [1.82, 2.24) is 5.06 Å². The largest absolute Gasteiger partial charge is 0.493 e. The van der Waals surface area contributed by atoms with Crippen LogP contribution in [0.25, 0.3) is 0 Å². The molecule has 144 valence electrons. The molecule has 0 aliphatic heterocycles. The summed E-state index contributed by atoms with van der Waals surface area (Å²) in [7, 11) is 4.50. The van der Waals surface area contributed by atoms with Gasteiger partial charge in [-0.15, -0.1) is 12.4 Å². The van der Waals surface area contributed by atoms with Gasteiger partial charge in [0.25, 0.3) is 0 Å². The minimum Gasteiger partial charge on any atom is -0.493 e. The van der Waals surface area contributed by atoms with E-state index in [1.807, 2.05) is 18.9 Å². The molecule has 0 fully saturated rings. The smallest absolute Gasteiger partial charge is 0.338 e. The first-order valence-electron chi connectivity index (χ1n) is 7.96. The molecular weight excluding hydrogens is 350 g/mol. The number of carbonyl (C=O) groups is 1. The van der Waals surface area contributed by atoms with Gasteiger partial charge in [-0.1, -0.05) is 13.8 Å². The summed E-state index contributed by atoms with van der Waals surface area (Å²) in [5.74, 6) is 0.809. The van der Waals surface area contributed by atoms with Crippen LogP contribution in [0.5, 0.6) is 17.2 Å². The van der Waals surface area contributed by atoms with E-state index in [4.69, 9.17) is 23.8 Å². The van der Waals surface area contributed by atoms with E-state index >= 15 is 0 Å². The molecule has 0 unspecified atom stereocenters. The number of hydroxylamine groups is 2. The summed E-state index contributed by atoms with van der Waals surface area (Å²) < 4.78 is 20.9. The zero-order chi connectivity index (χ0) is 17.9. The number of esters is 1. The topological polar surface area (TPSA) is 66.5 Å². The molecule has 0 aromatic heterocycles. The molecule has 0 saturated carbocycles. The van der Waals surface area contributed by atoms with Crippen LogP contribution in [0.2, 0.25) is 0 Å². The Hall–Kier alpha value is -1.70. The maximum atomic E-state index is 12.2. The van der Waals surface area contributed by atoms with Crippen molar-refractivity contribution in [2.75, 3.05) is 47.6 Å². The summed E-state index contributed by atoms with van der Waals surface area (Å²) in [6.07, 6.45) is 0.618. The van der Waals surface area contributed by atoms with E-state index in [2.05, 4.69) is 0 Å². The molecule has 0 N–H and O–H groups in total. The molecule has 0 aliphatic rings. The van der Waals surface area contributed by atoms with E-state index in [1.165, 1.54) is 21.3 Å². The van der Waals surface area contributed by atoms with Crippen molar-refractivity contribution in [1.29, 1.82) is 0 Å². The van der Waals surface area contributed by atoms with Gasteiger partial charge in [-0.25, -0.2) is 4.79 Å². The van der Waals surface area contributed by atoms with Crippen molar-refractivity contribution in [3.63, 3.8) is 0 Å². The molecule has 25 heavy (non-hydrogen) atoms. The maximum absolute atomic E-state index is 12.2. The van der Waals surface area contributed by atoms with Gasteiger partial charge in [-0.3, -0.25) is 4.84 Å². The van der Waals surface area contributed by atoms with E-state index in [0.717, 1.165) is 13.1 Å². The van der Waals surface area contributed by atoms with Gasteiger partial charge in [0.05, 0.1) is 40.1 Å². The summed E-state index contributed by atoms with van der Waals surface area (Å²) in [6.45, 7) is 6.46. The fourth-order valence-corrected chi connectivity index (χ4v) is 2.11. The highest BCUT2D eigenvalue weighted by atomic mass is 35.5. The second kappa shape index (κ2) is 12.6. The maximum Gasteiger partial charge on any atom is 0.338 e. The van der Waals surface area contributed by atoms with Gasteiger partial charge in [0, 0.05) is 19.5 Å². The third kappa shape index (κ3) is 6.97. The van der Waals surface area contributed by atoms with Crippen LogP contribution in [0, 0.1) is 0 Å². The van der Waals surface area contributed by atoms with Crippen molar-refractivity contribution in [3.8, 4) is 17.2 Å². The van der Waals surface area contributed by atoms with Crippen molar-refractivity contribution in [2.45, 2.75) is 20.3 Å². The number of carbonyl (C=O) groups excluding carboxylic acids is 1. The Bertz CT molecular complexity index is 497. The first-order chi connectivity index (χ1) is 11.6. The summed E-state index contributed by atoms with van der Waals surface area (Å²) in [4.78, 5) is 17.7. The number of rotatable bonds is 11. The Morgan fingerprint density at radius 2 is 1.52 bits per heavy atom. The quantitative estimate of drug-likeness (QED) is 0.333. The molecule has 0 spiro atoms. The van der Waals surface area contributed by atoms with Crippen LogP contribution in [0.1, 0.15) is 30.6 Å². The SMILES string of the molecule is CCN(CC)OCCCOC(=O)c1cc(OC)c(OC)c(OC)c1.Cl. The molecule has 1 rings (SSSR count). The normalized spacial score (nSPS) is 10.2. The van der Waals surface area contributed by atoms with Crippen molar-refractivity contribution >= 4 is 18.4 Å². The highest BCUT2D eigenvalue weighted by Crippen LogP contribution is 2.38. The first-order valence-corrected chi connectivity index (χ1v) is 7.96. The Labute approximate surface area is 155 Å². The van der Waals surface area contributed by atoms with Gasteiger partial charge in [0.15, 0.2) is 11.5 Å². The lowest BCUT2D eigenvalue weighted by atomic mass is 10.2. The number of ether oxygens (including phenoxy) is 4. The van der Waals surface area contributed by atoms with Gasteiger partial charge < -0.3 is 18.9 Å². The summed E-state index contributed by atoms with van der Waals surface area (Å²) >= 11 is 0. The van der Waals surface area contributed by atoms with E-state index in [1.54, 1.807) is 12.1 Å². The van der Waals surface area contributed by atoms with Crippen LogP contribution in [-0.2, 0) is 9.57 Å². The fourth-order valence-electron chi connectivity index (χ4n) is 2.11. The highest BCUT2D eigenvalue weighted by Gasteiger charge is 2.17. The number of benzene rings is 1. The molecule has 1 aromatic rings. The molecule has 0 radical (unpaired) electrons. The summed E-state index contributed by atoms with van der Waals surface area (Å²) in [5.41, 5.74) is 0.342. The Kier molecular flexibility index (Phi) is 11.8. The van der Waals surface area contributed by atoms with E-state index < -0.39 is 5.97 Å². The molecule has 0 atom stereocenters. The number of hydrogen-bond donors (Lipinski definition) is 0. The van der Waals surface area contributed by atoms with E-state index in [0.29, 0.717) is 35.8 Å². The average molecular weight is 378 g/mol. The molecular formula is C17H28ClNO6. The molecule has 0 aliphatic carbocycles. The van der Waals surface area contributed by atoms with E-state index in [9.17, 15) is 4.79 Å². The molecule has 1 aromatic carbocycles. The summed E-state index contributed by atoms with van der Waals surface area (Å²) in [5, 5.41) is 1.85. The zero-order valence-corrected chi connectivity index (χ0v) is 16.3. The van der Waals surface area contributed by atoms with Gasteiger partial charge in [0.2, 0.25) is 5.75 Å². The lowest BCUT2D eigenvalue weighted by Crippen LogP contribution is -2.24. The lowest BCUT2D eigenvalue weighted by Gasteiger charge is -2.17. The number of halogens is 1. The average Bonchev–Trinajstić information content (AvgIpc) is 2.63. The minimum atomic E-state index is -0.447. The molecule has 0 saturated heterocycles. The highest BCUT2D eigenvalue weighted by molar-refractivity contribution is 5.91. The Balaban J connectivity index is 0.00000576. The summed E-state index contributed by atoms with van der Waals surface area (Å²) in [6, 6.07) is 3.13. The van der Waals surface area contributed by atoms with Crippen molar-refractivity contribution in [3.05, 3.63) is 17.7 Å². The molecule has 0 heterocycles. The minimum absolute atomic E-state index is 0. The van der Waals surface area contributed by atoms with Gasteiger partial charge in [-0.05, 0) is 12.1 Å². The standard InChI is InChI=1S/C17H27NO6.ClH/c1-6-18(7-2)24-10-8-9-23-17(19)13-11-14(20-3)16(22-5)15(12-13)21-4;/h11-12H,6-10H2,1-5H3;1H. The molecule has 7 nitrogen and oxygen atoms in total.